The Morgan fingerprint density at radius 2 is 1.50 bits per heavy atom. The number of hydrogen-bond acceptors (Lipinski definition) is 2. The molecular weight excluding hydrogens is 246 g/mol. The first-order valence-electron chi connectivity index (χ1n) is 7.80. The van der Waals surface area contributed by atoms with E-state index in [-0.39, 0.29) is 0 Å². The summed E-state index contributed by atoms with van der Waals surface area (Å²) in [5, 5.41) is 3.69. The molecule has 0 aromatic heterocycles. The Labute approximate surface area is 124 Å². The van der Waals surface area contributed by atoms with Gasteiger partial charge >= 0.3 is 0 Å². The molecule has 2 heteroatoms. The van der Waals surface area contributed by atoms with Crippen molar-refractivity contribution in [3.8, 4) is 5.75 Å². The van der Waals surface area contributed by atoms with E-state index in [1.54, 1.807) is 7.11 Å². The highest BCUT2D eigenvalue weighted by Gasteiger charge is 2.17. The average molecular weight is 277 g/mol. The van der Waals surface area contributed by atoms with Crippen molar-refractivity contribution >= 4 is 0 Å². The lowest BCUT2D eigenvalue weighted by molar-refractivity contribution is 0.267. The van der Waals surface area contributed by atoms with Crippen LogP contribution in [0, 0.1) is 17.8 Å². The van der Waals surface area contributed by atoms with Crippen LogP contribution in [0.5, 0.6) is 5.75 Å². The first-order valence-corrected chi connectivity index (χ1v) is 7.80. The predicted molar refractivity (Wildman–Crippen MR) is 87.3 cm³/mol. The summed E-state index contributed by atoms with van der Waals surface area (Å²) in [6, 6.07) is 8.88. The quantitative estimate of drug-likeness (QED) is 0.771. The van der Waals surface area contributed by atoms with Crippen molar-refractivity contribution in [3.05, 3.63) is 29.8 Å². The van der Waals surface area contributed by atoms with Gasteiger partial charge in [-0.25, -0.2) is 0 Å². The van der Waals surface area contributed by atoms with E-state index in [2.05, 4.69) is 52.1 Å². The van der Waals surface area contributed by atoms with E-state index in [4.69, 9.17) is 4.74 Å². The summed E-state index contributed by atoms with van der Waals surface area (Å²) in [5.41, 5.74) is 1.36. The molecule has 0 fully saturated rings. The van der Waals surface area contributed by atoms with Crippen LogP contribution in [0.3, 0.4) is 0 Å². The molecule has 0 spiro atoms. The van der Waals surface area contributed by atoms with Gasteiger partial charge in [-0.1, -0.05) is 39.8 Å². The van der Waals surface area contributed by atoms with E-state index in [0.717, 1.165) is 36.5 Å². The van der Waals surface area contributed by atoms with E-state index < -0.39 is 0 Å². The van der Waals surface area contributed by atoms with Gasteiger partial charge < -0.3 is 10.1 Å². The maximum absolute atomic E-state index is 5.19. The second-order valence-corrected chi connectivity index (χ2v) is 6.51. The van der Waals surface area contributed by atoms with Crippen LogP contribution in [-0.4, -0.2) is 19.7 Å². The Morgan fingerprint density at radius 1 is 0.950 bits per heavy atom. The van der Waals surface area contributed by atoms with Crippen LogP contribution in [0.1, 0.15) is 40.2 Å². The molecule has 1 aromatic carbocycles. The Morgan fingerprint density at radius 3 is 1.95 bits per heavy atom. The average Bonchev–Trinajstić information content (AvgIpc) is 2.39. The minimum Gasteiger partial charge on any atom is -0.497 e. The van der Waals surface area contributed by atoms with Crippen molar-refractivity contribution in [1.29, 1.82) is 0 Å². The summed E-state index contributed by atoms with van der Waals surface area (Å²) >= 11 is 0. The topological polar surface area (TPSA) is 21.3 Å². The summed E-state index contributed by atoms with van der Waals surface area (Å²) in [4.78, 5) is 0. The zero-order valence-electron chi connectivity index (χ0n) is 13.9. The molecule has 1 unspecified atom stereocenters. The van der Waals surface area contributed by atoms with Crippen LogP contribution in [0.2, 0.25) is 0 Å². The normalized spacial score (nSPS) is 13.2. The summed E-state index contributed by atoms with van der Waals surface area (Å²) in [5.74, 6) is 3.13. The highest BCUT2D eigenvalue weighted by molar-refractivity contribution is 5.27. The van der Waals surface area contributed by atoms with E-state index in [0.29, 0.717) is 6.04 Å². The van der Waals surface area contributed by atoms with E-state index in [1.165, 1.54) is 5.56 Å². The maximum Gasteiger partial charge on any atom is 0.118 e. The number of hydrogen-bond donors (Lipinski definition) is 1. The molecule has 0 bridgehead atoms. The zero-order valence-corrected chi connectivity index (χ0v) is 13.9. The third-order valence-corrected chi connectivity index (χ3v) is 4.12. The molecule has 0 aliphatic rings. The molecular formula is C18H31NO. The third-order valence-electron chi connectivity index (χ3n) is 4.12. The van der Waals surface area contributed by atoms with Crippen molar-refractivity contribution in [1.82, 2.24) is 5.32 Å². The summed E-state index contributed by atoms with van der Waals surface area (Å²) < 4.78 is 5.19. The zero-order chi connectivity index (χ0) is 15.1. The fourth-order valence-corrected chi connectivity index (χ4v) is 2.77. The van der Waals surface area contributed by atoms with Crippen LogP contribution in [0.25, 0.3) is 0 Å². The van der Waals surface area contributed by atoms with E-state index in [1.807, 2.05) is 12.1 Å². The highest BCUT2D eigenvalue weighted by Crippen LogP contribution is 2.20. The van der Waals surface area contributed by atoms with Crippen molar-refractivity contribution in [2.45, 2.75) is 47.1 Å². The molecule has 114 valence electrons. The lowest BCUT2D eigenvalue weighted by Crippen LogP contribution is -2.36. The van der Waals surface area contributed by atoms with Gasteiger partial charge in [-0.3, -0.25) is 0 Å². The van der Waals surface area contributed by atoms with Crippen LogP contribution in [0.15, 0.2) is 24.3 Å². The molecule has 0 amide bonds. The number of methoxy groups -OCH3 is 1. The largest absolute Gasteiger partial charge is 0.497 e. The van der Waals surface area contributed by atoms with Gasteiger partial charge in [0, 0.05) is 6.04 Å². The highest BCUT2D eigenvalue weighted by atomic mass is 16.5. The van der Waals surface area contributed by atoms with Gasteiger partial charge in [0.15, 0.2) is 0 Å². The van der Waals surface area contributed by atoms with Crippen molar-refractivity contribution < 1.29 is 4.74 Å². The molecule has 0 heterocycles. The molecule has 0 radical (unpaired) electrons. The van der Waals surface area contributed by atoms with Gasteiger partial charge in [0.05, 0.1) is 7.11 Å². The van der Waals surface area contributed by atoms with Crippen LogP contribution >= 0.6 is 0 Å². The van der Waals surface area contributed by atoms with Gasteiger partial charge in [-0.2, -0.15) is 0 Å². The predicted octanol–water partition coefficient (Wildman–Crippen LogP) is 4.14. The molecule has 1 N–H and O–H groups in total. The van der Waals surface area contributed by atoms with Crippen molar-refractivity contribution in [3.63, 3.8) is 0 Å². The van der Waals surface area contributed by atoms with Gasteiger partial charge in [0.25, 0.3) is 0 Å². The van der Waals surface area contributed by atoms with Crippen molar-refractivity contribution in [2.75, 3.05) is 13.7 Å². The standard InChI is InChI=1S/C18H31NO/c1-13(2)18(14(3)4)12-19-15(5)11-16-7-9-17(20-6)10-8-16/h7-10,13-15,18-19H,11-12H2,1-6H3. The van der Waals surface area contributed by atoms with Crippen LogP contribution in [-0.2, 0) is 6.42 Å². The number of ether oxygens (including phenoxy) is 1. The smallest absolute Gasteiger partial charge is 0.118 e. The molecule has 0 aliphatic carbocycles. The Hall–Kier alpha value is -1.02. The Balaban J connectivity index is 2.44. The van der Waals surface area contributed by atoms with Gasteiger partial charge in [-0.05, 0) is 55.3 Å². The third kappa shape index (κ3) is 5.54. The molecule has 2 nitrogen and oxygen atoms in total. The molecule has 20 heavy (non-hydrogen) atoms. The summed E-state index contributed by atoms with van der Waals surface area (Å²) in [7, 11) is 1.71. The fraction of sp³-hybridized carbons (Fsp3) is 0.667. The number of rotatable bonds is 8. The molecule has 0 saturated heterocycles. The monoisotopic (exact) mass is 277 g/mol. The maximum atomic E-state index is 5.19. The van der Waals surface area contributed by atoms with E-state index in [9.17, 15) is 0 Å². The van der Waals surface area contributed by atoms with Crippen molar-refractivity contribution in [2.24, 2.45) is 17.8 Å². The molecule has 0 aliphatic heterocycles. The van der Waals surface area contributed by atoms with Gasteiger partial charge in [-0.15, -0.1) is 0 Å². The lowest BCUT2D eigenvalue weighted by atomic mass is 9.85. The SMILES string of the molecule is COc1ccc(CC(C)NCC(C(C)C)C(C)C)cc1. The molecule has 0 saturated carbocycles. The second kappa shape index (κ2) is 8.31. The van der Waals surface area contributed by atoms with Crippen LogP contribution < -0.4 is 10.1 Å². The van der Waals surface area contributed by atoms with Crippen LogP contribution in [0.4, 0.5) is 0 Å². The first-order chi connectivity index (χ1) is 9.43. The van der Waals surface area contributed by atoms with E-state index >= 15 is 0 Å². The Kier molecular flexibility index (Phi) is 7.08. The lowest BCUT2D eigenvalue weighted by Gasteiger charge is -2.27. The summed E-state index contributed by atoms with van der Waals surface area (Å²) in [6.07, 6.45) is 1.06. The molecule has 1 rings (SSSR count). The minimum atomic E-state index is 0.503. The first kappa shape index (κ1) is 17.0. The second-order valence-electron chi connectivity index (χ2n) is 6.51. The minimum absolute atomic E-state index is 0.503. The fourth-order valence-electron chi connectivity index (χ4n) is 2.77. The number of benzene rings is 1. The van der Waals surface area contributed by atoms with Gasteiger partial charge in [0.1, 0.15) is 5.75 Å². The Bertz CT molecular complexity index is 362. The summed E-state index contributed by atoms with van der Waals surface area (Å²) in [6.45, 7) is 12.6. The number of nitrogens with one attached hydrogen (secondary N) is 1. The van der Waals surface area contributed by atoms with Gasteiger partial charge in [0.2, 0.25) is 0 Å². The molecule has 1 aromatic rings. The molecule has 1 atom stereocenters.